The second kappa shape index (κ2) is 6.39. The third-order valence-electron chi connectivity index (χ3n) is 3.39. The molecule has 0 bridgehead atoms. The van der Waals surface area contributed by atoms with Gasteiger partial charge in [-0.3, -0.25) is 4.79 Å². The lowest BCUT2D eigenvalue weighted by atomic mass is 9.84. The van der Waals surface area contributed by atoms with Crippen LogP contribution in [0, 0.1) is 5.92 Å². The Morgan fingerprint density at radius 3 is 2.84 bits per heavy atom. The first-order valence-electron chi connectivity index (χ1n) is 6.28. The summed E-state index contributed by atoms with van der Waals surface area (Å²) in [6.45, 7) is 0. The molecule has 1 aromatic rings. The number of hydrogen-bond donors (Lipinski definition) is 2. The molecule has 1 saturated carbocycles. The van der Waals surface area contributed by atoms with Gasteiger partial charge in [-0.1, -0.05) is 24.4 Å². The molecule has 0 spiro atoms. The molecule has 1 aliphatic rings. The number of nitrogens with one attached hydrogen (secondary N) is 2. The monoisotopic (exact) mass is 302 g/mol. The van der Waals surface area contributed by atoms with Gasteiger partial charge in [-0.2, -0.15) is 4.98 Å². The molecule has 0 aromatic carbocycles. The summed E-state index contributed by atoms with van der Waals surface area (Å²) in [4.78, 5) is 19.7. The van der Waals surface area contributed by atoms with Crippen LogP contribution in [-0.4, -0.2) is 29.0 Å². The Morgan fingerprint density at radius 2 is 2.11 bits per heavy atom. The smallest absolute Gasteiger partial charge is 0.224 e. The highest BCUT2D eigenvalue weighted by Gasteiger charge is 2.30. The second-order valence-electron chi connectivity index (χ2n) is 4.59. The van der Waals surface area contributed by atoms with Gasteiger partial charge in [0.25, 0.3) is 0 Å². The summed E-state index contributed by atoms with van der Waals surface area (Å²) >= 11 is 11.8. The molecule has 1 amide bonds. The summed E-state index contributed by atoms with van der Waals surface area (Å²) < 4.78 is 0. The molecule has 0 radical (unpaired) electrons. The van der Waals surface area contributed by atoms with Gasteiger partial charge in [-0.15, -0.1) is 0 Å². The normalized spacial score (nSPS) is 22.9. The Balaban J connectivity index is 2.15. The zero-order valence-electron chi connectivity index (χ0n) is 10.6. The Bertz CT molecular complexity index is 469. The Hall–Kier alpha value is -1.07. The van der Waals surface area contributed by atoms with Gasteiger partial charge in [-0.05, 0) is 24.4 Å². The SMILES string of the molecule is CNC(=O)[C@H]1CCCC[C@H]1Nc1nc(Cl)ncc1Cl. The Kier molecular flexibility index (Phi) is 4.82. The molecule has 2 rings (SSSR count). The van der Waals surface area contributed by atoms with E-state index in [1.54, 1.807) is 7.05 Å². The van der Waals surface area contributed by atoms with E-state index in [0.29, 0.717) is 10.8 Å². The van der Waals surface area contributed by atoms with Gasteiger partial charge < -0.3 is 10.6 Å². The maximum absolute atomic E-state index is 11.9. The number of anilines is 1. The molecule has 0 saturated heterocycles. The molecule has 1 heterocycles. The van der Waals surface area contributed by atoms with Crippen LogP contribution in [0.3, 0.4) is 0 Å². The number of carbonyl (C=O) groups excluding carboxylic acids is 1. The highest BCUT2D eigenvalue weighted by atomic mass is 35.5. The number of rotatable bonds is 3. The molecule has 1 aliphatic carbocycles. The van der Waals surface area contributed by atoms with E-state index < -0.39 is 0 Å². The number of hydrogen-bond acceptors (Lipinski definition) is 4. The quantitative estimate of drug-likeness (QED) is 0.842. The fourth-order valence-corrected chi connectivity index (χ4v) is 2.70. The standard InChI is InChI=1S/C12H16Cl2N4O/c1-15-11(19)7-4-2-3-5-9(7)17-10-8(13)6-16-12(14)18-10/h6-7,9H,2-5H2,1H3,(H,15,19)(H,16,17,18)/t7-,9+/m0/s1. The van der Waals surface area contributed by atoms with Crippen molar-refractivity contribution >= 4 is 34.9 Å². The minimum Gasteiger partial charge on any atom is -0.365 e. The van der Waals surface area contributed by atoms with Crippen molar-refractivity contribution in [2.45, 2.75) is 31.7 Å². The topological polar surface area (TPSA) is 66.9 Å². The van der Waals surface area contributed by atoms with Crippen LogP contribution in [-0.2, 0) is 4.79 Å². The molecular formula is C12H16Cl2N4O. The van der Waals surface area contributed by atoms with Crippen LogP contribution in [0.1, 0.15) is 25.7 Å². The number of nitrogens with zero attached hydrogens (tertiary/aromatic N) is 2. The minimum atomic E-state index is -0.0662. The molecule has 5 nitrogen and oxygen atoms in total. The molecule has 104 valence electrons. The van der Waals surface area contributed by atoms with Crippen molar-refractivity contribution in [3.63, 3.8) is 0 Å². The van der Waals surface area contributed by atoms with E-state index in [-0.39, 0.29) is 23.2 Å². The average Bonchev–Trinajstić information content (AvgIpc) is 2.42. The van der Waals surface area contributed by atoms with E-state index in [9.17, 15) is 4.79 Å². The van der Waals surface area contributed by atoms with Crippen LogP contribution < -0.4 is 10.6 Å². The number of halogens is 2. The molecule has 7 heteroatoms. The number of carbonyl (C=O) groups is 1. The first-order valence-corrected chi connectivity index (χ1v) is 7.03. The van der Waals surface area contributed by atoms with Crippen LogP contribution in [0.4, 0.5) is 5.82 Å². The summed E-state index contributed by atoms with van der Waals surface area (Å²) in [7, 11) is 1.66. The van der Waals surface area contributed by atoms with Crippen LogP contribution in [0.5, 0.6) is 0 Å². The summed E-state index contributed by atoms with van der Waals surface area (Å²) in [5.41, 5.74) is 0. The van der Waals surface area contributed by atoms with E-state index in [1.165, 1.54) is 6.20 Å². The van der Waals surface area contributed by atoms with Crippen molar-refractivity contribution in [2.75, 3.05) is 12.4 Å². The van der Waals surface area contributed by atoms with Crippen molar-refractivity contribution in [1.29, 1.82) is 0 Å². The average molecular weight is 303 g/mol. The van der Waals surface area contributed by atoms with Gasteiger partial charge in [0.05, 0.1) is 12.1 Å². The third kappa shape index (κ3) is 3.48. The molecule has 2 N–H and O–H groups in total. The van der Waals surface area contributed by atoms with Gasteiger partial charge >= 0.3 is 0 Å². The predicted octanol–water partition coefficient (Wildman–Crippen LogP) is 2.50. The van der Waals surface area contributed by atoms with E-state index in [2.05, 4.69) is 20.6 Å². The summed E-state index contributed by atoms with van der Waals surface area (Å²) in [6.07, 6.45) is 5.39. The lowest BCUT2D eigenvalue weighted by Gasteiger charge is -2.31. The zero-order chi connectivity index (χ0) is 13.8. The molecule has 0 aliphatic heterocycles. The lowest BCUT2D eigenvalue weighted by Crippen LogP contribution is -2.42. The maximum atomic E-state index is 11.9. The van der Waals surface area contributed by atoms with Crippen molar-refractivity contribution < 1.29 is 4.79 Å². The molecule has 0 unspecified atom stereocenters. The molecule has 1 aromatic heterocycles. The maximum Gasteiger partial charge on any atom is 0.224 e. The highest BCUT2D eigenvalue weighted by molar-refractivity contribution is 6.33. The Labute approximate surface area is 122 Å². The lowest BCUT2D eigenvalue weighted by molar-refractivity contribution is -0.125. The molecule has 19 heavy (non-hydrogen) atoms. The predicted molar refractivity (Wildman–Crippen MR) is 75.5 cm³/mol. The van der Waals surface area contributed by atoms with Gasteiger partial charge in [0, 0.05) is 13.1 Å². The first-order chi connectivity index (χ1) is 9.11. The Morgan fingerprint density at radius 1 is 1.37 bits per heavy atom. The fraction of sp³-hybridized carbons (Fsp3) is 0.583. The molecule has 2 atom stereocenters. The molecular weight excluding hydrogens is 287 g/mol. The number of amides is 1. The van der Waals surface area contributed by atoms with E-state index in [1.807, 2.05) is 0 Å². The van der Waals surface area contributed by atoms with E-state index in [0.717, 1.165) is 25.7 Å². The summed E-state index contributed by atoms with van der Waals surface area (Å²) in [5, 5.41) is 6.48. The van der Waals surface area contributed by atoms with E-state index >= 15 is 0 Å². The minimum absolute atomic E-state index is 0.0252. The van der Waals surface area contributed by atoms with Crippen molar-refractivity contribution in [2.24, 2.45) is 5.92 Å². The largest absolute Gasteiger partial charge is 0.365 e. The summed E-state index contributed by atoms with van der Waals surface area (Å²) in [5.74, 6) is 0.472. The van der Waals surface area contributed by atoms with Crippen molar-refractivity contribution in [1.82, 2.24) is 15.3 Å². The van der Waals surface area contributed by atoms with Gasteiger partial charge in [-0.25, -0.2) is 4.98 Å². The van der Waals surface area contributed by atoms with Gasteiger partial charge in [0.15, 0.2) is 0 Å². The van der Waals surface area contributed by atoms with Crippen molar-refractivity contribution in [3.8, 4) is 0 Å². The fourth-order valence-electron chi connectivity index (χ4n) is 2.43. The van der Waals surface area contributed by atoms with Crippen LogP contribution in [0.15, 0.2) is 6.20 Å². The third-order valence-corrected chi connectivity index (χ3v) is 3.84. The van der Waals surface area contributed by atoms with Crippen LogP contribution >= 0.6 is 23.2 Å². The summed E-state index contributed by atoms with van der Waals surface area (Å²) in [6, 6.07) is 0.0252. The van der Waals surface area contributed by atoms with Crippen LogP contribution in [0.25, 0.3) is 0 Å². The highest BCUT2D eigenvalue weighted by Crippen LogP contribution is 2.29. The first kappa shape index (κ1) is 14.3. The zero-order valence-corrected chi connectivity index (χ0v) is 12.1. The van der Waals surface area contributed by atoms with E-state index in [4.69, 9.17) is 23.2 Å². The second-order valence-corrected chi connectivity index (χ2v) is 5.34. The van der Waals surface area contributed by atoms with Gasteiger partial charge in [0.1, 0.15) is 10.8 Å². The van der Waals surface area contributed by atoms with Gasteiger partial charge in [0.2, 0.25) is 11.2 Å². The van der Waals surface area contributed by atoms with Crippen LogP contribution in [0.2, 0.25) is 10.3 Å². The number of aromatic nitrogens is 2. The molecule has 1 fully saturated rings. The van der Waals surface area contributed by atoms with Crippen molar-refractivity contribution in [3.05, 3.63) is 16.5 Å².